The summed E-state index contributed by atoms with van der Waals surface area (Å²) in [7, 11) is 0. The van der Waals surface area contributed by atoms with Crippen molar-refractivity contribution in [3.63, 3.8) is 0 Å². The molecule has 3 nitrogen and oxygen atoms in total. The first kappa shape index (κ1) is 19.4. The topological polar surface area (TPSA) is 9.72 Å². The number of halogens is 1. The average molecular weight is 360 g/mol. The van der Waals surface area contributed by atoms with E-state index in [2.05, 4.69) is 41.5 Å². The SMILES string of the molecule is C/C=C(\C)N1CCN(C2CCN(Cc3ccc(F)cc3)CC2)C(CC)C1. The number of hydrogen-bond donors (Lipinski definition) is 0. The molecule has 2 aliphatic heterocycles. The van der Waals surface area contributed by atoms with Crippen LogP contribution in [0.2, 0.25) is 0 Å². The Morgan fingerprint density at radius 1 is 1.12 bits per heavy atom. The van der Waals surface area contributed by atoms with Crippen LogP contribution in [0.25, 0.3) is 0 Å². The maximum absolute atomic E-state index is 13.1. The molecule has 4 heteroatoms. The molecule has 0 spiro atoms. The molecule has 0 aliphatic carbocycles. The van der Waals surface area contributed by atoms with Crippen molar-refractivity contribution in [2.45, 2.75) is 58.7 Å². The molecule has 1 unspecified atom stereocenters. The number of likely N-dealkylation sites (tertiary alicyclic amines) is 1. The maximum atomic E-state index is 13.1. The van der Waals surface area contributed by atoms with Crippen molar-refractivity contribution in [2.24, 2.45) is 0 Å². The van der Waals surface area contributed by atoms with Crippen LogP contribution in [-0.4, -0.2) is 59.5 Å². The van der Waals surface area contributed by atoms with Gasteiger partial charge in [0.1, 0.15) is 5.82 Å². The Morgan fingerprint density at radius 2 is 1.81 bits per heavy atom. The molecular weight excluding hydrogens is 325 g/mol. The normalized spacial score (nSPS) is 24.2. The van der Waals surface area contributed by atoms with Crippen LogP contribution in [-0.2, 0) is 6.54 Å². The van der Waals surface area contributed by atoms with Crippen LogP contribution in [0.3, 0.4) is 0 Å². The lowest BCUT2D eigenvalue weighted by atomic mass is 9.97. The van der Waals surface area contributed by atoms with Gasteiger partial charge in [-0.1, -0.05) is 25.1 Å². The number of nitrogens with zero attached hydrogens (tertiary/aromatic N) is 3. The Kier molecular flexibility index (Phi) is 6.71. The van der Waals surface area contributed by atoms with Gasteiger partial charge in [-0.2, -0.15) is 0 Å². The summed E-state index contributed by atoms with van der Waals surface area (Å²) in [6.07, 6.45) is 5.96. The van der Waals surface area contributed by atoms with E-state index in [1.807, 2.05) is 12.1 Å². The molecule has 1 aromatic rings. The van der Waals surface area contributed by atoms with E-state index in [1.165, 1.54) is 43.6 Å². The van der Waals surface area contributed by atoms with E-state index in [0.29, 0.717) is 6.04 Å². The van der Waals surface area contributed by atoms with Crippen molar-refractivity contribution < 1.29 is 4.39 Å². The van der Waals surface area contributed by atoms with Crippen LogP contribution >= 0.6 is 0 Å². The van der Waals surface area contributed by atoms with E-state index in [0.717, 1.165) is 32.2 Å². The fraction of sp³-hybridized carbons (Fsp3) is 0.636. The number of hydrogen-bond acceptors (Lipinski definition) is 3. The number of piperazine rings is 1. The molecule has 3 rings (SSSR count). The first-order valence-corrected chi connectivity index (χ1v) is 10.2. The van der Waals surface area contributed by atoms with Crippen LogP contribution in [0.15, 0.2) is 36.0 Å². The van der Waals surface area contributed by atoms with Crippen molar-refractivity contribution >= 4 is 0 Å². The van der Waals surface area contributed by atoms with Gasteiger partial charge >= 0.3 is 0 Å². The minimum Gasteiger partial charge on any atom is -0.372 e. The molecule has 0 N–H and O–H groups in total. The molecule has 2 fully saturated rings. The van der Waals surface area contributed by atoms with Gasteiger partial charge in [0.15, 0.2) is 0 Å². The Balaban J connectivity index is 1.51. The lowest BCUT2D eigenvalue weighted by Crippen LogP contribution is -2.57. The highest BCUT2D eigenvalue weighted by molar-refractivity contribution is 5.16. The molecule has 26 heavy (non-hydrogen) atoms. The zero-order valence-corrected chi connectivity index (χ0v) is 16.6. The van der Waals surface area contributed by atoms with E-state index in [4.69, 9.17) is 0 Å². The molecule has 0 bridgehead atoms. The summed E-state index contributed by atoms with van der Waals surface area (Å²) >= 11 is 0. The predicted molar refractivity (Wildman–Crippen MR) is 106 cm³/mol. The van der Waals surface area contributed by atoms with Crippen molar-refractivity contribution in [2.75, 3.05) is 32.7 Å². The fourth-order valence-electron chi connectivity index (χ4n) is 4.47. The fourth-order valence-corrected chi connectivity index (χ4v) is 4.47. The molecule has 144 valence electrons. The van der Waals surface area contributed by atoms with E-state index >= 15 is 0 Å². The highest BCUT2D eigenvalue weighted by Gasteiger charge is 2.32. The smallest absolute Gasteiger partial charge is 0.123 e. The molecule has 2 heterocycles. The molecule has 0 amide bonds. The molecule has 2 aliphatic rings. The van der Waals surface area contributed by atoms with E-state index < -0.39 is 0 Å². The molecule has 0 radical (unpaired) electrons. The highest BCUT2D eigenvalue weighted by Crippen LogP contribution is 2.25. The van der Waals surface area contributed by atoms with Crippen molar-refractivity contribution in [1.82, 2.24) is 14.7 Å². The monoisotopic (exact) mass is 359 g/mol. The zero-order valence-electron chi connectivity index (χ0n) is 16.6. The first-order chi connectivity index (χ1) is 12.6. The Labute approximate surface area is 158 Å². The predicted octanol–water partition coefficient (Wildman–Crippen LogP) is 4.11. The third-order valence-electron chi connectivity index (χ3n) is 6.26. The van der Waals surface area contributed by atoms with Gasteiger partial charge in [-0.05, 0) is 63.9 Å². The van der Waals surface area contributed by atoms with Crippen LogP contribution in [0.5, 0.6) is 0 Å². The Bertz CT molecular complexity index is 590. The summed E-state index contributed by atoms with van der Waals surface area (Å²) in [5, 5.41) is 0. The van der Waals surface area contributed by atoms with Gasteiger partial charge in [-0.3, -0.25) is 9.80 Å². The van der Waals surface area contributed by atoms with Gasteiger partial charge in [-0.25, -0.2) is 4.39 Å². The van der Waals surface area contributed by atoms with Gasteiger partial charge in [0, 0.05) is 44.0 Å². The largest absolute Gasteiger partial charge is 0.372 e. The van der Waals surface area contributed by atoms with Crippen LogP contribution in [0.4, 0.5) is 4.39 Å². The molecule has 0 saturated carbocycles. The van der Waals surface area contributed by atoms with Crippen molar-refractivity contribution in [3.8, 4) is 0 Å². The lowest BCUT2D eigenvalue weighted by molar-refractivity contribution is 0.0226. The van der Waals surface area contributed by atoms with Gasteiger partial charge in [0.2, 0.25) is 0 Å². The quantitative estimate of drug-likeness (QED) is 0.783. The molecule has 0 aromatic heterocycles. The number of allylic oxidation sites excluding steroid dienone is 2. The van der Waals surface area contributed by atoms with Gasteiger partial charge in [-0.15, -0.1) is 0 Å². The second-order valence-electron chi connectivity index (χ2n) is 7.81. The van der Waals surface area contributed by atoms with Gasteiger partial charge in [0.25, 0.3) is 0 Å². The van der Waals surface area contributed by atoms with Crippen LogP contribution < -0.4 is 0 Å². The number of rotatable bonds is 5. The first-order valence-electron chi connectivity index (χ1n) is 10.2. The number of benzene rings is 1. The van der Waals surface area contributed by atoms with Crippen LogP contribution in [0.1, 0.15) is 45.6 Å². The van der Waals surface area contributed by atoms with Gasteiger partial charge < -0.3 is 4.90 Å². The Hall–Kier alpha value is -1.39. The minimum absolute atomic E-state index is 0.148. The minimum atomic E-state index is -0.148. The second kappa shape index (κ2) is 9.01. The zero-order chi connectivity index (χ0) is 18.5. The summed E-state index contributed by atoms with van der Waals surface area (Å²) in [4.78, 5) is 7.86. The summed E-state index contributed by atoms with van der Waals surface area (Å²) in [6.45, 7) is 13.4. The van der Waals surface area contributed by atoms with Gasteiger partial charge in [0.05, 0.1) is 0 Å². The van der Waals surface area contributed by atoms with E-state index in [9.17, 15) is 4.39 Å². The summed E-state index contributed by atoms with van der Waals surface area (Å²) in [5.41, 5.74) is 2.63. The summed E-state index contributed by atoms with van der Waals surface area (Å²) in [5.74, 6) is -0.148. The van der Waals surface area contributed by atoms with Crippen molar-refractivity contribution in [3.05, 3.63) is 47.4 Å². The summed E-state index contributed by atoms with van der Waals surface area (Å²) in [6, 6.07) is 8.36. The van der Waals surface area contributed by atoms with Crippen LogP contribution in [0, 0.1) is 5.82 Å². The molecule has 1 atom stereocenters. The molecular formula is C22H34FN3. The standard InChI is InChI=1S/C22H34FN3/c1-4-18(3)25-14-15-26(21(5-2)17-25)22-10-12-24(13-11-22)16-19-6-8-20(23)9-7-19/h4,6-9,21-22H,5,10-17H2,1-3H3/b18-4+. The Morgan fingerprint density at radius 3 is 2.42 bits per heavy atom. The average Bonchev–Trinajstić information content (AvgIpc) is 2.69. The third-order valence-corrected chi connectivity index (χ3v) is 6.26. The second-order valence-corrected chi connectivity index (χ2v) is 7.81. The third kappa shape index (κ3) is 4.66. The molecule has 1 aromatic carbocycles. The van der Waals surface area contributed by atoms with E-state index in [-0.39, 0.29) is 5.82 Å². The summed E-state index contributed by atoms with van der Waals surface area (Å²) < 4.78 is 13.1. The molecule has 2 saturated heterocycles. The van der Waals surface area contributed by atoms with Crippen molar-refractivity contribution in [1.29, 1.82) is 0 Å². The highest BCUT2D eigenvalue weighted by atomic mass is 19.1. The van der Waals surface area contributed by atoms with E-state index in [1.54, 1.807) is 12.1 Å². The number of piperidine rings is 1. The maximum Gasteiger partial charge on any atom is 0.123 e. The lowest BCUT2D eigenvalue weighted by Gasteiger charge is -2.48.